The Labute approximate surface area is 111 Å². The highest BCUT2D eigenvalue weighted by atomic mass is 16.2. The highest BCUT2D eigenvalue weighted by Crippen LogP contribution is 2.13. The molecule has 5 nitrogen and oxygen atoms in total. The first kappa shape index (κ1) is 13.2. The Morgan fingerprint density at radius 2 is 2.16 bits per heavy atom. The average Bonchev–Trinajstić information content (AvgIpc) is 2.44. The molecular weight excluding hydrogens is 242 g/mol. The second-order valence-corrected chi connectivity index (χ2v) is 4.53. The van der Waals surface area contributed by atoms with Gasteiger partial charge >= 0.3 is 0 Å². The van der Waals surface area contributed by atoms with Crippen LogP contribution in [0, 0.1) is 11.3 Å². The summed E-state index contributed by atoms with van der Waals surface area (Å²) in [4.78, 5) is 24.4. The number of nitrogens with zero attached hydrogens (tertiary/aromatic N) is 2. The van der Waals surface area contributed by atoms with Crippen LogP contribution in [0.5, 0.6) is 0 Å². The number of carbonyl (C=O) groups is 2. The molecule has 0 bridgehead atoms. The molecule has 1 fully saturated rings. The van der Waals surface area contributed by atoms with E-state index in [1.807, 2.05) is 12.1 Å². The predicted octanol–water partition coefficient (Wildman–Crippen LogP) is 0.795. The van der Waals surface area contributed by atoms with E-state index in [1.54, 1.807) is 12.1 Å². The Kier molecular flexibility index (Phi) is 3.93. The summed E-state index contributed by atoms with van der Waals surface area (Å²) in [6, 6.07) is 9.03. The summed E-state index contributed by atoms with van der Waals surface area (Å²) >= 11 is 0. The maximum absolute atomic E-state index is 11.9. The van der Waals surface area contributed by atoms with Crippen LogP contribution in [0.3, 0.4) is 0 Å². The molecule has 1 saturated heterocycles. The maximum atomic E-state index is 11.9. The van der Waals surface area contributed by atoms with E-state index >= 15 is 0 Å². The van der Waals surface area contributed by atoms with Gasteiger partial charge in [-0.15, -0.1) is 0 Å². The van der Waals surface area contributed by atoms with Gasteiger partial charge in [0.05, 0.1) is 17.7 Å². The predicted molar refractivity (Wildman–Crippen MR) is 68.8 cm³/mol. The fourth-order valence-electron chi connectivity index (χ4n) is 2.12. The van der Waals surface area contributed by atoms with E-state index < -0.39 is 0 Å². The van der Waals surface area contributed by atoms with Gasteiger partial charge in [-0.2, -0.15) is 5.26 Å². The number of likely N-dealkylation sites (N-methyl/N-ethyl adjacent to an activating group) is 1. The van der Waals surface area contributed by atoms with Crippen LogP contribution in [-0.4, -0.2) is 29.8 Å². The van der Waals surface area contributed by atoms with Crippen molar-refractivity contribution in [3.05, 3.63) is 35.4 Å². The van der Waals surface area contributed by atoms with Gasteiger partial charge in [0.2, 0.25) is 11.8 Å². The van der Waals surface area contributed by atoms with Gasteiger partial charge in [0.25, 0.3) is 0 Å². The number of imide groups is 1. The molecule has 2 rings (SSSR count). The van der Waals surface area contributed by atoms with Gasteiger partial charge in [0.1, 0.15) is 0 Å². The van der Waals surface area contributed by atoms with Crippen molar-refractivity contribution in [2.45, 2.75) is 25.4 Å². The number of amides is 2. The van der Waals surface area contributed by atoms with Crippen molar-refractivity contribution in [3.8, 4) is 6.07 Å². The SMILES string of the molecule is CN1C(=O)CCC(NCc2ccccc2C#N)C1=O. The maximum Gasteiger partial charge on any atom is 0.246 e. The molecule has 1 atom stereocenters. The average molecular weight is 257 g/mol. The first-order valence-electron chi connectivity index (χ1n) is 6.15. The molecule has 0 radical (unpaired) electrons. The van der Waals surface area contributed by atoms with Crippen molar-refractivity contribution in [1.29, 1.82) is 5.26 Å². The molecule has 1 N–H and O–H groups in total. The summed E-state index contributed by atoms with van der Waals surface area (Å²) in [6.45, 7) is 0.447. The third-order valence-corrected chi connectivity index (χ3v) is 3.33. The lowest BCUT2D eigenvalue weighted by Crippen LogP contribution is -2.51. The van der Waals surface area contributed by atoms with Gasteiger partial charge in [-0.1, -0.05) is 18.2 Å². The van der Waals surface area contributed by atoms with Crippen molar-refractivity contribution in [1.82, 2.24) is 10.2 Å². The minimum absolute atomic E-state index is 0.138. The van der Waals surface area contributed by atoms with E-state index in [2.05, 4.69) is 11.4 Å². The van der Waals surface area contributed by atoms with Gasteiger partial charge in [-0.25, -0.2) is 0 Å². The van der Waals surface area contributed by atoms with E-state index in [1.165, 1.54) is 7.05 Å². The van der Waals surface area contributed by atoms with Crippen LogP contribution in [0.25, 0.3) is 0 Å². The molecule has 1 aliphatic heterocycles. The third-order valence-electron chi connectivity index (χ3n) is 3.33. The van der Waals surface area contributed by atoms with E-state index in [0.717, 1.165) is 10.5 Å². The van der Waals surface area contributed by atoms with Gasteiger partial charge in [-0.3, -0.25) is 14.5 Å². The standard InChI is InChI=1S/C14H15N3O2/c1-17-13(18)7-6-12(14(17)19)16-9-11-5-3-2-4-10(11)8-15/h2-5,12,16H,6-7,9H2,1H3. The Balaban J connectivity index is 2.01. The number of nitriles is 1. The molecule has 1 heterocycles. The van der Waals surface area contributed by atoms with Crippen LogP contribution < -0.4 is 5.32 Å². The molecule has 2 amide bonds. The normalized spacial score (nSPS) is 19.4. The van der Waals surface area contributed by atoms with Crippen molar-refractivity contribution >= 4 is 11.8 Å². The second kappa shape index (κ2) is 5.63. The Morgan fingerprint density at radius 1 is 1.42 bits per heavy atom. The summed E-state index contributed by atoms with van der Waals surface area (Å²) < 4.78 is 0. The zero-order valence-electron chi connectivity index (χ0n) is 10.7. The van der Waals surface area contributed by atoms with E-state index in [9.17, 15) is 9.59 Å². The summed E-state index contributed by atoms with van der Waals surface area (Å²) in [5.41, 5.74) is 1.46. The zero-order valence-corrected chi connectivity index (χ0v) is 10.7. The summed E-state index contributed by atoms with van der Waals surface area (Å²) in [7, 11) is 1.50. The Bertz CT molecular complexity index is 548. The Hall–Kier alpha value is -2.19. The quantitative estimate of drug-likeness (QED) is 0.813. The molecule has 0 saturated carbocycles. The minimum Gasteiger partial charge on any atom is -0.302 e. The van der Waals surface area contributed by atoms with Crippen LogP contribution in [-0.2, 0) is 16.1 Å². The summed E-state index contributed by atoms with van der Waals surface area (Å²) in [6.07, 6.45) is 0.885. The molecule has 98 valence electrons. The van der Waals surface area contributed by atoms with Crippen LogP contribution in [0.2, 0.25) is 0 Å². The fourth-order valence-corrected chi connectivity index (χ4v) is 2.12. The summed E-state index contributed by atoms with van der Waals surface area (Å²) in [5.74, 6) is -0.342. The van der Waals surface area contributed by atoms with Crippen molar-refractivity contribution in [2.24, 2.45) is 0 Å². The first-order chi connectivity index (χ1) is 9.13. The van der Waals surface area contributed by atoms with Gasteiger partial charge < -0.3 is 5.32 Å². The fraction of sp³-hybridized carbons (Fsp3) is 0.357. The topological polar surface area (TPSA) is 73.2 Å². The molecule has 1 aromatic rings. The molecule has 1 aliphatic rings. The van der Waals surface area contributed by atoms with Crippen LogP contribution >= 0.6 is 0 Å². The summed E-state index contributed by atoms with van der Waals surface area (Å²) in [5, 5.41) is 12.1. The largest absolute Gasteiger partial charge is 0.302 e. The molecule has 0 aliphatic carbocycles. The lowest BCUT2D eigenvalue weighted by atomic mass is 10.0. The molecule has 5 heteroatoms. The lowest BCUT2D eigenvalue weighted by Gasteiger charge is -2.28. The van der Waals surface area contributed by atoms with Crippen molar-refractivity contribution in [2.75, 3.05) is 7.05 Å². The zero-order chi connectivity index (χ0) is 13.8. The van der Waals surface area contributed by atoms with Crippen LogP contribution in [0.4, 0.5) is 0 Å². The van der Waals surface area contributed by atoms with Crippen LogP contribution in [0.15, 0.2) is 24.3 Å². The van der Waals surface area contributed by atoms with Gasteiger partial charge in [0, 0.05) is 20.0 Å². The smallest absolute Gasteiger partial charge is 0.246 e. The number of hydrogen-bond acceptors (Lipinski definition) is 4. The number of likely N-dealkylation sites (tertiary alicyclic amines) is 1. The highest BCUT2D eigenvalue weighted by Gasteiger charge is 2.31. The van der Waals surface area contributed by atoms with E-state index in [-0.39, 0.29) is 17.9 Å². The Morgan fingerprint density at radius 3 is 2.89 bits per heavy atom. The molecule has 0 aromatic heterocycles. The molecule has 0 spiro atoms. The number of carbonyl (C=O) groups excluding carboxylic acids is 2. The first-order valence-corrected chi connectivity index (χ1v) is 6.15. The number of nitrogens with one attached hydrogen (secondary N) is 1. The number of rotatable bonds is 3. The monoisotopic (exact) mass is 257 g/mol. The van der Waals surface area contributed by atoms with E-state index in [4.69, 9.17) is 5.26 Å². The van der Waals surface area contributed by atoms with Gasteiger partial charge in [0.15, 0.2) is 0 Å². The number of piperidine rings is 1. The van der Waals surface area contributed by atoms with Crippen molar-refractivity contribution < 1.29 is 9.59 Å². The molecule has 1 unspecified atom stereocenters. The number of hydrogen-bond donors (Lipinski definition) is 1. The molecular formula is C14H15N3O2. The van der Waals surface area contributed by atoms with Crippen molar-refractivity contribution in [3.63, 3.8) is 0 Å². The third kappa shape index (κ3) is 2.80. The van der Waals surface area contributed by atoms with Crippen LogP contribution in [0.1, 0.15) is 24.0 Å². The second-order valence-electron chi connectivity index (χ2n) is 4.53. The highest BCUT2D eigenvalue weighted by molar-refractivity contribution is 6.00. The molecule has 1 aromatic carbocycles. The number of benzene rings is 1. The van der Waals surface area contributed by atoms with E-state index in [0.29, 0.717) is 24.9 Å². The minimum atomic E-state index is -0.352. The lowest BCUT2D eigenvalue weighted by molar-refractivity contribution is -0.148. The van der Waals surface area contributed by atoms with Gasteiger partial charge in [-0.05, 0) is 18.1 Å². The molecule has 19 heavy (non-hydrogen) atoms.